The Morgan fingerprint density at radius 1 is 1.25 bits per heavy atom. The molecule has 1 saturated heterocycles. The van der Waals surface area contributed by atoms with Gasteiger partial charge in [0, 0.05) is 0 Å². The first-order valence-corrected chi connectivity index (χ1v) is 4.50. The first-order chi connectivity index (χ1) is 5.95. The topological polar surface area (TPSA) is 42.7 Å². The van der Waals surface area contributed by atoms with Gasteiger partial charge in [-0.25, -0.2) is 0 Å². The van der Waals surface area contributed by atoms with Crippen LogP contribution in [0, 0.1) is 17.8 Å². The van der Waals surface area contributed by atoms with Crippen molar-refractivity contribution in [2.24, 2.45) is 17.8 Å². The van der Waals surface area contributed by atoms with Crippen molar-refractivity contribution in [1.29, 1.82) is 0 Å². The van der Waals surface area contributed by atoms with Crippen LogP contribution in [-0.4, -0.2) is 28.1 Å². The Kier molecular flexibility index (Phi) is 1.26. The summed E-state index contributed by atoms with van der Waals surface area (Å²) in [5.74, 6) is 2.67. The molecule has 3 rings (SSSR count). The predicted octanol–water partition coefficient (Wildman–Crippen LogP) is -0.257. The number of nitrogens with one attached hydrogen (secondary N) is 1. The van der Waals surface area contributed by atoms with Gasteiger partial charge in [-0.1, -0.05) is 0 Å². The number of hydrogen-bond donors (Lipinski definition) is 1. The van der Waals surface area contributed by atoms with E-state index in [1.54, 1.807) is 12.4 Å². The molecule has 2 aliphatic rings. The van der Waals surface area contributed by atoms with Crippen molar-refractivity contribution in [1.82, 2.24) is 20.3 Å². The maximum atomic E-state index is 4.11. The van der Waals surface area contributed by atoms with E-state index in [0.717, 1.165) is 24.3 Å². The molecule has 4 heteroatoms. The van der Waals surface area contributed by atoms with Crippen molar-refractivity contribution in [3.8, 4) is 0 Å². The quantitative estimate of drug-likeness (QED) is 0.655. The van der Waals surface area contributed by atoms with E-state index in [2.05, 4.69) is 15.5 Å². The molecule has 1 aromatic heterocycles. The number of aromatic nitrogens is 3. The molecular formula is C8H12N4. The van der Waals surface area contributed by atoms with Crippen molar-refractivity contribution < 1.29 is 0 Å². The van der Waals surface area contributed by atoms with Gasteiger partial charge in [0.15, 0.2) is 0 Å². The van der Waals surface area contributed by atoms with Crippen molar-refractivity contribution in [2.75, 3.05) is 13.1 Å². The van der Waals surface area contributed by atoms with Crippen molar-refractivity contribution in [3.05, 3.63) is 12.4 Å². The summed E-state index contributed by atoms with van der Waals surface area (Å²) in [5, 5.41) is 11.6. The Labute approximate surface area is 71.0 Å². The van der Waals surface area contributed by atoms with Crippen LogP contribution in [0.5, 0.6) is 0 Å². The summed E-state index contributed by atoms with van der Waals surface area (Å²) in [6.07, 6.45) is 3.49. The predicted molar refractivity (Wildman–Crippen MR) is 43.4 cm³/mol. The van der Waals surface area contributed by atoms with Gasteiger partial charge in [-0.2, -0.15) is 15.0 Å². The van der Waals surface area contributed by atoms with E-state index >= 15 is 0 Å². The van der Waals surface area contributed by atoms with E-state index in [4.69, 9.17) is 0 Å². The molecule has 1 N–H and O–H groups in total. The molecule has 1 aliphatic carbocycles. The number of fused-ring (bicyclic) bond motifs is 1. The van der Waals surface area contributed by atoms with Gasteiger partial charge in [-0.3, -0.25) is 0 Å². The molecule has 1 saturated carbocycles. The highest BCUT2D eigenvalue weighted by Gasteiger charge is 2.52. The Morgan fingerprint density at radius 2 is 1.92 bits per heavy atom. The minimum Gasteiger partial charge on any atom is -0.316 e. The van der Waals surface area contributed by atoms with Crippen molar-refractivity contribution >= 4 is 0 Å². The highest BCUT2D eigenvalue weighted by Crippen LogP contribution is 2.49. The molecule has 4 nitrogen and oxygen atoms in total. The second-order valence-corrected chi connectivity index (χ2v) is 3.73. The third-order valence-corrected chi connectivity index (χ3v) is 3.11. The molecule has 0 aromatic carbocycles. The molecule has 2 fully saturated rings. The van der Waals surface area contributed by atoms with Gasteiger partial charge in [0.25, 0.3) is 0 Å². The number of rotatable bonds is 2. The normalized spacial score (nSPS) is 38.2. The van der Waals surface area contributed by atoms with Crippen LogP contribution in [0.3, 0.4) is 0 Å². The van der Waals surface area contributed by atoms with Gasteiger partial charge >= 0.3 is 0 Å². The largest absolute Gasteiger partial charge is 0.316 e. The van der Waals surface area contributed by atoms with Gasteiger partial charge in [0.2, 0.25) is 0 Å². The van der Waals surface area contributed by atoms with E-state index < -0.39 is 0 Å². The fourth-order valence-corrected chi connectivity index (χ4v) is 2.34. The molecule has 2 atom stereocenters. The van der Waals surface area contributed by atoms with E-state index in [1.165, 1.54) is 13.1 Å². The number of nitrogens with zero attached hydrogens (tertiary/aromatic N) is 3. The van der Waals surface area contributed by atoms with Gasteiger partial charge < -0.3 is 5.32 Å². The molecule has 0 spiro atoms. The lowest BCUT2D eigenvalue weighted by atomic mass is 10.3. The summed E-state index contributed by atoms with van der Waals surface area (Å²) < 4.78 is 0. The molecule has 12 heavy (non-hydrogen) atoms. The fraction of sp³-hybridized carbons (Fsp3) is 0.750. The second-order valence-electron chi connectivity index (χ2n) is 3.73. The Balaban J connectivity index is 1.65. The zero-order chi connectivity index (χ0) is 7.97. The fourth-order valence-electron chi connectivity index (χ4n) is 2.34. The third-order valence-electron chi connectivity index (χ3n) is 3.11. The van der Waals surface area contributed by atoms with Crippen LogP contribution in [0.4, 0.5) is 0 Å². The molecule has 2 heterocycles. The summed E-state index contributed by atoms with van der Waals surface area (Å²) >= 11 is 0. The molecule has 1 aromatic rings. The highest BCUT2D eigenvalue weighted by atomic mass is 15.5. The lowest BCUT2D eigenvalue weighted by molar-refractivity contribution is 0.444. The SMILES string of the molecule is c1cnn(CC2C3CNCC32)n1. The van der Waals surface area contributed by atoms with Crippen LogP contribution >= 0.6 is 0 Å². The second kappa shape index (κ2) is 2.29. The van der Waals surface area contributed by atoms with E-state index in [1.807, 2.05) is 4.80 Å². The van der Waals surface area contributed by atoms with Crippen LogP contribution < -0.4 is 5.32 Å². The summed E-state index contributed by atoms with van der Waals surface area (Å²) in [7, 11) is 0. The molecule has 2 unspecified atom stereocenters. The van der Waals surface area contributed by atoms with E-state index in [-0.39, 0.29) is 0 Å². The Bertz CT molecular complexity index is 259. The number of piperidine rings is 1. The minimum atomic E-state index is 0.846. The lowest BCUT2D eigenvalue weighted by Crippen LogP contribution is -2.17. The molecule has 64 valence electrons. The van der Waals surface area contributed by atoms with Crippen molar-refractivity contribution in [3.63, 3.8) is 0 Å². The van der Waals surface area contributed by atoms with Gasteiger partial charge in [0.1, 0.15) is 0 Å². The van der Waals surface area contributed by atoms with Crippen LogP contribution in [-0.2, 0) is 6.54 Å². The standard InChI is InChI=1S/C8H12N4/c1-2-11-12(10-1)5-8-6-3-9-4-7(6)8/h1-2,6-9H,3-5H2. The zero-order valence-electron chi connectivity index (χ0n) is 6.85. The maximum absolute atomic E-state index is 4.11. The lowest BCUT2D eigenvalue weighted by Gasteiger charge is -2.02. The first-order valence-electron chi connectivity index (χ1n) is 4.50. The minimum absolute atomic E-state index is 0.846. The van der Waals surface area contributed by atoms with Crippen molar-refractivity contribution in [2.45, 2.75) is 6.54 Å². The smallest absolute Gasteiger partial charge is 0.0693 e. The van der Waals surface area contributed by atoms with Gasteiger partial charge in [-0.15, -0.1) is 0 Å². The Hall–Kier alpha value is -0.900. The molecule has 1 aliphatic heterocycles. The van der Waals surface area contributed by atoms with Gasteiger partial charge in [0.05, 0.1) is 18.9 Å². The highest BCUT2D eigenvalue weighted by molar-refractivity contribution is 5.03. The maximum Gasteiger partial charge on any atom is 0.0693 e. The molecule has 0 radical (unpaired) electrons. The monoisotopic (exact) mass is 164 g/mol. The summed E-state index contributed by atoms with van der Waals surface area (Å²) in [6, 6.07) is 0. The Morgan fingerprint density at radius 3 is 2.58 bits per heavy atom. The van der Waals surface area contributed by atoms with Crippen LogP contribution in [0.25, 0.3) is 0 Å². The van der Waals surface area contributed by atoms with Crippen LogP contribution in [0.15, 0.2) is 12.4 Å². The zero-order valence-corrected chi connectivity index (χ0v) is 6.85. The third kappa shape index (κ3) is 0.876. The van der Waals surface area contributed by atoms with E-state index in [9.17, 15) is 0 Å². The summed E-state index contributed by atoms with van der Waals surface area (Å²) in [5.41, 5.74) is 0. The van der Waals surface area contributed by atoms with E-state index in [0.29, 0.717) is 0 Å². The van der Waals surface area contributed by atoms with Gasteiger partial charge in [-0.05, 0) is 30.8 Å². The molecule has 0 amide bonds. The summed E-state index contributed by atoms with van der Waals surface area (Å²) in [6.45, 7) is 3.43. The molecular weight excluding hydrogens is 152 g/mol. The first kappa shape index (κ1) is 6.60. The molecule has 0 bridgehead atoms. The summed E-state index contributed by atoms with van der Waals surface area (Å²) in [4.78, 5) is 1.81. The van der Waals surface area contributed by atoms with Crippen LogP contribution in [0.1, 0.15) is 0 Å². The average molecular weight is 164 g/mol. The van der Waals surface area contributed by atoms with Crippen LogP contribution in [0.2, 0.25) is 0 Å². The average Bonchev–Trinajstić information content (AvgIpc) is 2.59. The number of hydrogen-bond acceptors (Lipinski definition) is 3.